The maximum Gasteiger partial charge on any atom is 0.239 e. The quantitative estimate of drug-likeness (QED) is 0.860. The maximum absolute atomic E-state index is 12.0. The zero-order valence-electron chi connectivity index (χ0n) is 13.4. The fraction of sp³-hybridized carbons (Fsp3) is 0.333. The molecule has 2 rings (SSSR count). The van der Waals surface area contributed by atoms with Crippen molar-refractivity contribution in [3.63, 3.8) is 0 Å². The minimum atomic E-state index is -0.0261. The van der Waals surface area contributed by atoms with Crippen molar-refractivity contribution in [2.24, 2.45) is 0 Å². The van der Waals surface area contributed by atoms with Gasteiger partial charge in [-0.15, -0.1) is 0 Å². The molecule has 0 unspecified atom stereocenters. The number of carbonyl (C=O) groups is 1. The van der Waals surface area contributed by atoms with Gasteiger partial charge in [0, 0.05) is 24.6 Å². The number of nitrogens with one attached hydrogen (secondary N) is 2. The number of aryl methyl sites for hydroxylation is 1. The van der Waals surface area contributed by atoms with E-state index in [1.807, 2.05) is 12.1 Å². The summed E-state index contributed by atoms with van der Waals surface area (Å²) in [4.78, 5) is 16.0. The van der Waals surface area contributed by atoms with Crippen LogP contribution >= 0.6 is 0 Å². The summed E-state index contributed by atoms with van der Waals surface area (Å²) < 4.78 is 0. The number of hydrogen-bond donors (Lipinski definition) is 2. The van der Waals surface area contributed by atoms with Crippen LogP contribution in [0.25, 0.3) is 0 Å². The minimum absolute atomic E-state index is 0.0261. The molecule has 0 aliphatic carbocycles. The Morgan fingerprint density at radius 1 is 1.23 bits per heavy atom. The molecular formula is C18H23N3O. The van der Waals surface area contributed by atoms with Gasteiger partial charge in [0.05, 0.1) is 6.54 Å². The molecular weight excluding hydrogens is 274 g/mol. The van der Waals surface area contributed by atoms with Crippen molar-refractivity contribution >= 4 is 11.6 Å². The fourth-order valence-corrected chi connectivity index (χ4v) is 2.35. The molecule has 1 aromatic carbocycles. The first-order valence-electron chi connectivity index (χ1n) is 7.57. The van der Waals surface area contributed by atoms with Gasteiger partial charge in [-0.3, -0.25) is 9.78 Å². The number of nitrogens with zero attached hydrogens (tertiary/aromatic N) is 1. The number of pyridine rings is 1. The molecule has 0 saturated heterocycles. The monoisotopic (exact) mass is 297 g/mol. The van der Waals surface area contributed by atoms with Crippen LogP contribution in [-0.4, -0.2) is 17.4 Å². The molecule has 1 amide bonds. The molecule has 4 nitrogen and oxygen atoms in total. The number of carbonyl (C=O) groups excluding carboxylic acids is 1. The molecule has 2 aromatic rings. The van der Waals surface area contributed by atoms with E-state index in [4.69, 9.17) is 0 Å². The van der Waals surface area contributed by atoms with E-state index in [0.29, 0.717) is 12.5 Å². The maximum atomic E-state index is 12.0. The van der Waals surface area contributed by atoms with Gasteiger partial charge in [-0.2, -0.15) is 0 Å². The predicted octanol–water partition coefficient (Wildman–Crippen LogP) is 3.24. The van der Waals surface area contributed by atoms with Crippen LogP contribution in [0.3, 0.4) is 0 Å². The third-order valence-corrected chi connectivity index (χ3v) is 3.57. The van der Waals surface area contributed by atoms with Crippen LogP contribution < -0.4 is 10.6 Å². The molecule has 116 valence electrons. The smallest absolute Gasteiger partial charge is 0.239 e. The van der Waals surface area contributed by atoms with Gasteiger partial charge in [0.2, 0.25) is 5.91 Å². The molecule has 22 heavy (non-hydrogen) atoms. The van der Waals surface area contributed by atoms with E-state index in [1.165, 1.54) is 5.56 Å². The lowest BCUT2D eigenvalue weighted by Crippen LogP contribution is -2.29. The lowest BCUT2D eigenvalue weighted by Gasteiger charge is -2.17. The minimum Gasteiger partial charge on any atom is -0.376 e. The molecule has 0 radical (unpaired) electrons. The Morgan fingerprint density at radius 3 is 2.73 bits per heavy atom. The number of aromatic nitrogens is 1. The van der Waals surface area contributed by atoms with E-state index in [9.17, 15) is 4.79 Å². The van der Waals surface area contributed by atoms with Crippen molar-refractivity contribution in [2.45, 2.75) is 33.2 Å². The van der Waals surface area contributed by atoms with Crippen molar-refractivity contribution in [1.29, 1.82) is 0 Å². The summed E-state index contributed by atoms with van der Waals surface area (Å²) in [5, 5.41) is 6.17. The first kappa shape index (κ1) is 16.0. The van der Waals surface area contributed by atoms with Gasteiger partial charge in [-0.05, 0) is 35.6 Å². The normalized spacial score (nSPS) is 10.5. The summed E-state index contributed by atoms with van der Waals surface area (Å²) >= 11 is 0. The van der Waals surface area contributed by atoms with Crippen molar-refractivity contribution in [3.8, 4) is 0 Å². The zero-order valence-corrected chi connectivity index (χ0v) is 13.4. The second-order valence-electron chi connectivity index (χ2n) is 5.69. The highest BCUT2D eigenvalue weighted by Gasteiger charge is 2.10. The summed E-state index contributed by atoms with van der Waals surface area (Å²) in [5.74, 6) is 0.391. The summed E-state index contributed by atoms with van der Waals surface area (Å²) in [7, 11) is 0. The highest BCUT2D eigenvalue weighted by Crippen LogP contribution is 2.27. The van der Waals surface area contributed by atoms with E-state index in [-0.39, 0.29) is 12.5 Å². The van der Waals surface area contributed by atoms with Crippen LogP contribution in [0.2, 0.25) is 0 Å². The molecule has 0 spiro atoms. The topological polar surface area (TPSA) is 54.0 Å². The van der Waals surface area contributed by atoms with Crippen LogP contribution in [0, 0.1) is 6.92 Å². The van der Waals surface area contributed by atoms with Gasteiger partial charge in [0.1, 0.15) is 0 Å². The van der Waals surface area contributed by atoms with E-state index < -0.39 is 0 Å². The summed E-state index contributed by atoms with van der Waals surface area (Å²) in [6, 6.07) is 10.0. The highest BCUT2D eigenvalue weighted by atomic mass is 16.1. The average molecular weight is 297 g/mol. The first-order valence-corrected chi connectivity index (χ1v) is 7.57. The molecule has 1 heterocycles. The predicted molar refractivity (Wildman–Crippen MR) is 89.8 cm³/mol. The molecule has 1 aromatic heterocycles. The van der Waals surface area contributed by atoms with Crippen molar-refractivity contribution in [1.82, 2.24) is 10.3 Å². The van der Waals surface area contributed by atoms with E-state index in [1.54, 1.807) is 12.4 Å². The Balaban J connectivity index is 1.91. The molecule has 0 bridgehead atoms. The Labute approximate surface area is 132 Å². The standard InChI is InChI=1S/C18H23N3O/c1-13(2)16-8-4-6-14(3)18(16)21-12-17(22)20-11-15-7-5-9-19-10-15/h4-10,13,21H,11-12H2,1-3H3,(H,20,22). The molecule has 0 aliphatic rings. The first-order chi connectivity index (χ1) is 10.6. The Hall–Kier alpha value is -2.36. The number of rotatable bonds is 6. The van der Waals surface area contributed by atoms with Gasteiger partial charge < -0.3 is 10.6 Å². The number of hydrogen-bond acceptors (Lipinski definition) is 3. The van der Waals surface area contributed by atoms with Crippen LogP contribution in [0.4, 0.5) is 5.69 Å². The summed E-state index contributed by atoms with van der Waals surface area (Å²) in [5.41, 5.74) is 4.45. The van der Waals surface area contributed by atoms with Crippen LogP contribution in [0.1, 0.15) is 36.5 Å². The van der Waals surface area contributed by atoms with E-state index in [2.05, 4.69) is 54.6 Å². The molecule has 4 heteroatoms. The molecule has 0 fully saturated rings. The van der Waals surface area contributed by atoms with Crippen LogP contribution in [0.15, 0.2) is 42.7 Å². The van der Waals surface area contributed by atoms with E-state index in [0.717, 1.165) is 16.8 Å². The number of benzene rings is 1. The van der Waals surface area contributed by atoms with Gasteiger partial charge >= 0.3 is 0 Å². The van der Waals surface area contributed by atoms with Gasteiger partial charge in [-0.1, -0.05) is 38.1 Å². The average Bonchev–Trinajstić information content (AvgIpc) is 2.52. The summed E-state index contributed by atoms with van der Waals surface area (Å²) in [6.45, 7) is 7.14. The van der Waals surface area contributed by atoms with Crippen molar-refractivity contribution < 1.29 is 4.79 Å². The zero-order chi connectivity index (χ0) is 15.9. The molecule has 2 N–H and O–H groups in total. The molecule has 0 saturated carbocycles. The SMILES string of the molecule is Cc1cccc(C(C)C)c1NCC(=O)NCc1cccnc1. The number of amides is 1. The Kier molecular flexibility index (Phi) is 5.53. The van der Waals surface area contributed by atoms with E-state index >= 15 is 0 Å². The molecule has 0 atom stereocenters. The number of para-hydroxylation sites is 1. The third kappa shape index (κ3) is 4.32. The second-order valence-corrected chi connectivity index (χ2v) is 5.69. The van der Waals surface area contributed by atoms with Crippen LogP contribution in [-0.2, 0) is 11.3 Å². The molecule has 0 aliphatic heterocycles. The highest BCUT2D eigenvalue weighted by molar-refractivity contribution is 5.81. The fourth-order valence-electron chi connectivity index (χ4n) is 2.35. The third-order valence-electron chi connectivity index (χ3n) is 3.57. The largest absolute Gasteiger partial charge is 0.376 e. The van der Waals surface area contributed by atoms with Crippen molar-refractivity contribution in [3.05, 3.63) is 59.4 Å². The lowest BCUT2D eigenvalue weighted by atomic mass is 9.98. The van der Waals surface area contributed by atoms with Gasteiger partial charge in [-0.25, -0.2) is 0 Å². The Morgan fingerprint density at radius 2 is 2.05 bits per heavy atom. The van der Waals surface area contributed by atoms with Gasteiger partial charge in [0.25, 0.3) is 0 Å². The lowest BCUT2D eigenvalue weighted by molar-refractivity contribution is -0.119. The van der Waals surface area contributed by atoms with Crippen LogP contribution in [0.5, 0.6) is 0 Å². The van der Waals surface area contributed by atoms with Gasteiger partial charge in [0.15, 0.2) is 0 Å². The summed E-state index contributed by atoms with van der Waals surface area (Å²) in [6.07, 6.45) is 3.48. The van der Waals surface area contributed by atoms with Crippen molar-refractivity contribution in [2.75, 3.05) is 11.9 Å². The number of anilines is 1. The second kappa shape index (κ2) is 7.59. The Bertz CT molecular complexity index is 623.